The second-order valence-electron chi connectivity index (χ2n) is 2.01. The second-order valence-corrected chi connectivity index (χ2v) is 2.01. The van der Waals surface area contributed by atoms with Crippen molar-refractivity contribution in [3.8, 4) is 0 Å². The molecule has 0 amide bonds. The number of hydrogen-bond donors (Lipinski definition) is 2. The molecule has 0 aliphatic rings. The summed E-state index contributed by atoms with van der Waals surface area (Å²) in [7, 11) is 1.13. The highest BCUT2D eigenvalue weighted by Crippen LogP contribution is 2.22. The van der Waals surface area contributed by atoms with Crippen LogP contribution in [-0.4, -0.2) is 42.3 Å². The van der Waals surface area contributed by atoms with Crippen LogP contribution in [-0.2, 0) is 4.74 Å². The molecule has 0 saturated heterocycles. The molecule has 2 unspecified atom stereocenters. The minimum absolute atomic E-state index is 0.541. The Morgan fingerprint density at radius 1 is 1.36 bits per heavy atom. The van der Waals surface area contributed by atoms with E-state index in [1.54, 1.807) is 0 Å². The van der Waals surface area contributed by atoms with E-state index in [1.165, 1.54) is 0 Å². The summed E-state index contributed by atoms with van der Waals surface area (Å²) in [4.78, 5) is 0. The zero-order valence-corrected chi connectivity index (χ0v) is 5.80. The molecule has 0 aliphatic carbocycles. The molecule has 0 aliphatic heterocycles. The van der Waals surface area contributed by atoms with Gasteiger partial charge in [0.2, 0.25) is 0 Å². The molecule has 3 nitrogen and oxygen atoms in total. The van der Waals surface area contributed by atoms with Gasteiger partial charge < -0.3 is 14.9 Å². The SMILES string of the molecule is COCC(O)C(O)C(F)(F)F. The average molecular weight is 174 g/mol. The van der Waals surface area contributed by atoms with Gasteiger partial charge in [0.1, 0.15) is 6.10 Å². The molecular formula is C5H9F3O3. The van der Waals surface area contributed by atoms with E-state index in [9.17, 15) is 13.2 Å². The molecule has 2 N–H and O–H groups in total. The molecule has 0 saturated carbocycles. The van der Waals surface area contributed by atoms with E-state index < -0.39 is 25.0 Å². The highest BCUT2D eigenvalue weighted by Gasteiger charge is 2.42. The fraction of sp³-hybridized carbons (Fsp3) is 1.00. The minimum atomic E-state index is -4.79. The van der Waals surface area contributed by atoms with Crippen LogP contribution >= 0.6 is 0 Å². The molecular weight excluding hydrogens is 165 g/mol. The molecule has 0 aromatic carbocycles. The number of ether oxygens (including phenoxy) is 1. The third-order valence-electron chi connectivity index (χ3n) is 1.04. The molecule has 0 spiro atoms. The van der Waals surface area contributed by atoms with Crippen molar-refractivity contribution >= 4 is 0 Å². The summed E-state index contributed by atoms with van der Waals surface area (Å²) in [6.07, 6.45) is -9.44. The summed E-state index contributed by atoms with van der Waals surface area (Å²) in [6.45, 7) is -0.541. The number of alkyl halides is 3. The Morgan fingerprint density at radius 3 is 2.09 bits per heavy atom. The average Bonchev–Trinajstić information content (AvgIpc) is 1.85. The van der Waals surface area contributed by atoms with Gasteiger partial charge in [-0.3, -0.25) is 0 Å². The highest BCUT2D eigenvalue weighted by atomic mass is 19.4. The highest BCUT2D eigenvalue weighted by molar-refractivity contribution is 4.73. The van der Waals surface area contributed by atoms with Crippen LogP contribution in [0.2, 0.25) is 0 Å². The predicted molar refractivity (Wildman–Crippen MR) is 29.9 cm³/mol. The molecule has 0 bridgehead atoms. The quantitative estimate of drug-likeness (QED) is 0.629. The van der Waals surface area contributed by atoms with E-state index >= 15 is 0 Å². The number of rotatable bonds is 3. The zero-order chi connectivity index (χ0) is 9.07. The summed E-state index contributed by atoms with van der Waals surface area (Å²) in [5, 5.41) is 16.9. The van der Waals surface area contributed by atoms with Crippen LogP contribution in [0.5, 0.6) is 0 Å². The first-order chi connectivity index (χ1) is 4.89. The Morgan fingerprint density at radius 2 is 1.82 bits per heavy atom. The maximum atomic E-state index is 11.6. The van der Waals surface area contributed by atoms with E-state index in [-0.39, 0.29) is 0 Å². The lowest BCUT2D eigenvalue weighted by Gasteiger charge is -2.19. The van der Waals surface area contributed by atoms with Crippen LogP contribution in [0, 0.1) is 0 Å². The third kappa shape index (κ3) is 3.54. The molecule has 0 heterocycles. The Kier molecular flexibility index (Phi) is 3.77. The first-order valence-corrected chi connectivity index (χ1v) is 2.81. The van der Waals surface area contributed by atoms with E-state index in [0.29, 0.717) is 0 Å². The van der Waals surface area contributed by atoms with Gasteiger partial charge in [0.15, 0.2) is 6.10 Å². The van der Waals surface area contributed by atoms with E-state index in [1.807, 2.05) is 0 Å². The largest absolute Gasteiger partial charge is 0.416 e. The molecule has 2 atom stereocenters. The first-order valence-electron chi connectivity index (χ1n) is 2.81. The first kappa shape index (κ1) is 10.7. The van der Waals surface area contributed by atoms with Crippen LogP contribution in [0.1, 0.15) is 0 Å². The third-order valence-corrected chi connectivity index (χ3v) is 1.04. The van der Waals surface area contributed by atoms with Crippen molar-refractivity contribution in [2.24, 2.45) is 0 Å². The van der Waals surface area contributed by atoms with Crippen LogP contribution in [0.4, 0.5) is 13.2 Å². The van der Waals surface area contributed by atoms with Gasteiger partial charge in [-0.2, -0.15) is 13.2 Å². The van der Waals surface area contributed by atoms with Gasteiger partial charge in [0.25, 0.3) is 0 Å². The molecule has 68 valence electrons. The predicted octanol–water partition coefficient (Wildman–Crippen LogP) is -0.0831. The van der Waals surface area contributed by atoms with E-state index in [0.717, 1.165) is 7.11 Å². The summed E-state index contributed by atoms with van der Waals surface area (Å²) in [6, 6.07) is 0. The van der Waals surface area contributed by atoms with Gasteiger partial charge in [0.05, 0.1) is 6.61 Å². The van der Waals surface area contributed by atoms with Crippen molar-refractivity contribution in [1.82, 2.24) is 0 Å². The van der Waals surface area contributed by atoms with Gasteiger partial charge in [-0.05, 0) is 0 Å². The molecule has 0 aromatic heterocycles. The van der Waals surface area contributed by atoms with Crippen LogP contribution < -0.4 is 0 Å². The molecule has 0 fully saturated rings. The number of hydrogen-bond acceptors (Lipinski definition) is 3. The lowest BCUT2D eigenvalue weighted by Crippen LogP contribution is -2.41. The summed E-state index contributed by atoms with van der Waals surface area (Å²) in [5.74, 6) is 0. The molecule has 6 heteroatoms. The Hall–Kier alpha value is -0.330. The summed E-state index contributed by atoms with van der Waals surface area (Å²) < 4.78 is 38.9. The molecule has 11 heavy (non-hydrogen) atoms. The van der Waals surface area contributed by atoms with Crippen molar-refractivity contribution in [1.29, 1.82) is 0 Å². The van der Waals surface area contributed by atoms with Crippen molar-refractivity contribution in [3.05, 3.63) is 0 Å². The van der Waals surface area contributed by atoms with E-state index in [2.05, 4.69) is 4.74 Å². The number of methoxy groups -OCH3 is 1. The summed E-state index contributed by atoms with van der Waals surface area (Å²) in [5.41, 5.74) is 0. The monoisotopic (exact) mass is 174 g/mol. The van der Waals surface area contributed by atoms with Crippen molar-refractivity contribution in [2.75, 3.05) is 13.7 Å². The van der Waals surface area contributed by atoms with Crippen LogP contribution in [0.15, 0.2) is 0 Å². The van der Waals surface area contributed by atoms with Gasteiger partial charge in [-0.1, -0.05) is 0 Å². The Balaban J connectivity index is 3.91. The maximum Gasteiger partial charge on any atom is 0.416 e. The Bertz CT molecular complexity index is 114. The van der Waals surface area contributed by atoms with Crippen molar-refractivity contribution in [2.45, 2.75) is 18.4 Å². The fourth-order valence-electron chi connectivity index (χ4n) is 0.480. The molecule has 0 rings (SSSR count). The van der Waals surface area contributed by atoms with Gasteiger partial charge in [0, 0.05) is 7.11 Å². The van der Waals surface area contributed by atoms with Gasteiger partial charge in [-0.15, -0.1) is 0 Å². The second kappa shape index (κ2) is 3.89. The van der Waals surface area contributed by atoms with E-state index in [4.69, 9.17) is 10.2 Å². The van der Waals surface area contributed by atoms with Gasteiger partial charge >= 0.3 is 6.18 Å². The standard InChI is InChI=1S/C5H9F3O3/c1-11-2-3(9)4(10)5(6,7)8/h3-4,9-10H,2H2,1H3. The maximum absolute atomic E-state index is 11.6. The number of halogens is 3. The molecule has 0 radical (unpaired) electrons. The smallest absolute Gasteiger partial charge is 0.388 e. The number of aliphatic hydroxyl groups is 2. The summed E-state index contributed by atoms with van der Waals surface area (Å²) >= 11 is 0. The normalized spacial score (nSPS) is 18.0. The van der Waals surface area contributed by atoms with Crippen molar-refractivity contribution < 1.29 is 28.1 Å². The fourth-order valence-corrected chi connectivity index (χ4v) is 0.480. The lowest BCUT2D eigenvalue weighted by molar-refractivity contribution is -0.234. The topological polar surface area (TPSA) is 49.7 Å². The molecule has 0 aromatic rings. The van der Waals surface area contributed by atoms with Crippen LogP contribution in [0.3, 0.4) is 0 Å². The Labute approximate surface area is 61.4 Å². The van der Waals surface area contributed by atoms with Crippen LogP contribution in [0.25, 0.3) is 0 Å². The minimum Gasteiger partial charge on any atom is -0.388 e. The zero-order valence-electron chi connectivity index (χ0n) is 5.80. The van der Waals surface area contributed by atoms with Crippen molar-refractivity contribution in [3.63, 3.8) is 0 Å². The van der Waals surface area contributed by atoms with Gasteiger partial charge in [-0.25, -0.2) is 0 Å². The number of aliphatic hydroxyl groups excluding tert-OH is 2. The lowest BCUT2D eigenvalue weighted by atomic mass is 10.2.